The average Bonchev–Trinajstić information content (AvgIpc) is 3.94. The van der Waals surface area contributed by atoms with E-state index >= 15 is 0 Å². The van der Waals surface area contributed by atoms with Crippen molar-refractivity contribution in [3.63, 3.8) is 0 Å². The second kappa shape index (κ2) is 13.9. The highest BCUT2D eigenvalue weighted by atomic mass is 32.2. The van der Waals surface area contributed by atoms with Crippen LogP contribution in [0.25, 0.3) is 6.08 Å². The Balaban J connectivity index is 1.36. The van der Waals surface area contributed by atoms with E-state index in [1.54, 1.807) is 24.4 Å². The van der Waals surface area contributed by atoms with Gasteiger partial charge in [-0.25, -0.2) is 18.4 Å². The molecule has 1 N–H and O–H groups in total. The van der Waals surface area contributed by atoms with Crippen molar-refractivity contribution in [3.8, 4) is 23.7 Å². The smallest absolute Gasteiger partial charge is 0.416 e. The molecule has 2 heterocycles. The summed E-state index contributed by atoms with van der Waals surface area (Å²) >= 11 is 0. The van der Waals surface area contributed by atoms with Gasteiger partial charge in [0, 0.05) is 50.1 Å². The summed E-state index contributed by atoms with van der Waals surface area (Å²) in [5.74, 6) is 6.26. The molecule has 3 aliphatic rings. The number of sulfonamides is 1. The fourth-order valence-corrected chi connectivity index (χ4v) is 7.38. The van der Waals surface area contributed by atoms with Gasteiger partial charge in [0.05, 0.1) is 27.9 Å². The predicted octanol–water partition coefficient (Wildman–Crippen LogP) is 5.47. The van der Waals surface area contributed by atoms with Gasteiger partial charge >= 0.3 is 12.8 Å². The van der Waals surface area contributed by atoms with Gasteiger partial charge in [0.2, 0.25) is 15.8 Å². The number of hydrogen-bond donors (Lipinski definition) is 1. The highest BCUT2D eigenvalue weighted by molar-refractivity contribution is 7.89. The number of nitrogens with zero attached hydrogens (tertiary/aromatic N) is 5. The van der Waals surface area contributed by atoms with Gasteiger partial charge in [-0.2, -0.15) is 31.5 Å². The van der Waals surface area contributed by atoms with Crippen molar-refractivity contribution in [1.29, 1.82) is 5.26 Å². The quantitative estimate of drug-likeness (QED) is 0.232. The lowest BCUT2D eigenvalue weighted by molar-refractivity contribution is -0.137. The first-order chi connectivity index (χ1) is 23.4. The minimum absolute atomic E-state index is 0.000684. The zero-order valence-electron chi connectivity index (χ0n) is 25.8. The summed E-state index contributed by atoms with van der Waals surface area (Å²) in [4.78, 5) is 10.1. The fraction of sp³-hybridized carbons (Fsp3) is 0.324. The Morgan fingerprint density at radius 2 is 1.84 bits per heavy atom. The van der Waals surface area contributed by atoms with Gasteiger partial charge in [0.1, 0.15) is 11.8 Å². The zero-order chi connectivity index (χ0) is 34.8. The second-order valence-electron chi connectivity index (χ2n) is 11.6. The number of benzene rings is 2. The number of allylic oxidation sites excluding steroid dienone is 2. The maximum atomic E-state index is 14.2. The Labute approximate surface area is 279 Å². The van der Waals surface area contributed by atoms with Crippen molar-refractivity contribution in [2.24, 2.45) is 0 Å². The van der Waals surface area contributed by atoms with Gasteiger partial charge in [0.15, 0.2) is 0 Å². The predicted molar refractivity (Wildman–Crippen MR) is 168 cm³/mol. The maximum absolute atomic E-state index is 14.2. The van der Waals surface area contributed by atoms with Crippen LogP contribution in [0.15, 0.2) is 76.6 Å². The lowest BCUT2D eigenvalue weighted by Crippen LogP contribution is -2.48. The first kappa shape index (κ1) is 33.9. The first-order valence-electron chi connectivity index (χ1n) is 15.3. The van der Waals surface area contributed by atoms with E-state index in [-0.39, 0.29) is 36.1 Å². The molecule has 6 rings (SSSR count). The summed E-state index contributed by atoms with van der Waals surface area (Å²) in [7, 11) is -4.30. The second-order valence-corrected chi connectivity index (χ2v) is 13.5. The summed E-state index contributed by atoms with van der Waals surface area (Å²) in [5.41, 5.74) is 3.26. The Kier molecular flexibility index (Phi) is 9.59. The third-order valence-corrected chi connectivity index (χ3v) is 10.2. The fourth-order valence-electron chi connectivity index (χ4n) is 5.75. The highest BCUT2D eigenvalue weighted by Gasteiger charge is 2.40. The molecule has 0 bridgehead atoms. The molecule has 0 spiro atoms. The Morgan fingerprint density at radius 3 is 2.49 bits per heavy atom. The van der Waals surface area contributed by atoms with Gasteiger partial charge < -0.3 is 15.0 Å². The van der Waals surface area contributed by atoms with Crippen LogP contribution in [0.1, 0.15) is 47.5 Å². The number of aromatic nitrogens is 2. The SMILES string of the molecule is N#Cc1ncc2c(n1)C=C(N1CCCN(S(=O)(=O)c3ccc(C(F)(F)F)cc3)[C@@H](C(NCc3ccc(OC(F)F)cc3)=C3CC3)C1)C#CC2. The topological polar surface area (TPSA) is 111 Å². The Hall–Kier alpha value is -4.99. The van der Waals surface area contributed by atoms with Crippen LogP contribution in [-0.2, 0) is 29.2 Å². The number of fused-ring (bicyclic) bond motifs is 1. The number of ether oxygens (including phenoxy) is 1. The third-order valence-electron chi connectivity index (χ3n) is 8.29. The van der Waals surface area contributed by atoms with Crippen LogP contribution in [0.4, 0.5) is 22.0 Å². The van der Waals surface area contributed by atoms with Gasteiger partial charge in [0.25, 0.3) is 0 Å². The van der Waals surface area contributed by atoms with E-state index in [1.165, 1.54) is 16.4 Å². The van der Waals surface area contributed by atoms with Crippen molar-refractivity contribution >= 4 is 16.1 Å². The average molecular weight is 697 g/mol. The van der Waals surface area contributed by atoms with E-state index in [1.807, 2.05) is 11.0 Å². The largest absolute Gasteiger partial charge is 0.435 e. The van der Waals surface area contributed by atoms with Crippen molar-refractivity contribution in [1.82, 2.24) is 24.5 Å². The van der Waals surface area contributed by atoms with Crippen LogP contribution < -0.4 is 10.1 Å². The van der Waals surface area contributed by atoms with Crippen molar-refractivity contribution in [2.75, 3.05) is 19.6 Å². The molecule has 2 aliphatic carbocycles. The van der Waals surface area contributed by atoms with E-state index in [0.717, 1.165) is 53.8 Å². The number of hydrogen-bond acceptors (Lipinski definition) is 8. The monoisotopic (exact) mass is 696 g/mol. The molecule has 1 saturated heterocycles. The van der Waals surface area contributed by atoms with Gasteiger partial charge in [-0.1, -0.05) is 18.1 Å². The Morgan fingerprint density at radius 1 is 1.10 bits per heavy atom. The van der Waals surface area contributed by atoms with Gasteiger partial charge in [-0.15, -0.1) is 0 Å². The summed E-state index contributed by atoms with van der Waals surface area (Å²) in [6.07, 6.45) is 0.861. The normalized spacial score (nSPS) is 17.9. The molecule has 0 unspecified atom stereocenters. The molecule has 0 amide bonds. The minimum Gasteiger partial charge on any atom is -0.435 e. The molecule has 3 aromatic rings. The van der Waals surface area contributed by atoms with Crippen molar-refractivity contribution < 1.29 is 35.1 Å². The molecule has 0 radical (unpaired) electrons. The van der Waals surface area contributed by atoms with Crippen LogP contribution in [0.3, 0.4) is 0 Å². The lowest BCUT2D eigenvalue weighted by atomic mass is 10.1. The third kappa shape index (κ3) is 7.85. The minimum atomic E-state index is -4.63. The summed E-state index contributed by atoms with van der Waals surface area (Å²) in [6, 6.07) is 10.7. The summed E-state index contributed by atoms with van der Waals surface area (Å²) < 4.78 is 99.5. The van der Waals surface area contributed by atoms with E-state index in [9.17, 15) is 35.6 Å². The summed E-state index contributed by atoms with van der Waals surface area (Å²) in [6.45, 7) is -2.09. The number of nitrogens with one attached hydrogen (secondary N) is 1. The lowest BCUT2D eigenvalue weighted by Gasteiger charge is -2.34. The van der Waals surface area contributed by atoms with Crippen molar-refractivity contribution in [3.05, 3.63) is 99.9 Å². The van der Waals surface area contributed by atoms with E-state index in [0.29, 0.717) is 36.5 Å². The van der Waals surface area contributed by atoms with Gasteiger partial charge in [-0.05, 0) is 78.8 Å². The molecule has 1 aliphatic heterocycles. The standard InChI is InChI=1S/C34H29F5N6O3S/c35-33(36)48-27-11-5-22(6-12-27)19-42-32(23-7-8-23)30-21-44(26-4-1-3-24-20-41-31(18-40)43-29(24)17-26)15-2-16-45(30)49(46,47)28-13-9-25(10-14-28)34(37,38)39/h5-6,9-14,17,20,30,33,42H,2-3,7-8,15-16,19,21H2/t30-/m1/s1. The molecule has 9 nitrogen and oxygen atoms in total. The molecule has 2 fully saturated rings. The molecule has 49 heavy (non-hydrogen) atoms. The number of nitriles is 1. The molecular formula is C34H29F5N6O3S. The van der Waals surface area contributed by atoms with Crippen LogP contribution >= 0.6 is 0 Å². The maximum Gasteiger partial charge on any atom is 0.416 e. The van der Waals surface area contributed by atoms with Crippen LogP contribution in [0, 0.1) is 23.2 Å². The molecular weight excluding hydrogens is 667 g/mol. The highest BCUT2D eigenvalue weighted by Crippen LogP contribution is 2.37. The Bertz CT molecular complexity index is 1990. The number of halogens is 5. The van der Waals surface area contributed by atoms with Crippen LogP contribution in [0.2, 0.25) is 0 Å². The number of rotatable bonds is 9. The first-order valence-corrected chi connectivity index (χ1v) is 16.8. The van der Waals surface area contributed by atoms with Crippen molar-refractivity contribution in [2.45, 2.75) is 56.0 Å². The number of alkyl halides is 5. The van der Waals surface area contributed by atoms with Gasteiger partial charge in [-0.3, -0.25) is 0 Å². The van der Waals surface area contributed by atoms with E-state index < -0.39 is 34.4 Å². The van der Waals surface area contributed by atoms with Crippen LogP contribution in [-0.4, -0.2) is 59.9 Å². The summed E-state index contributed by atoms with van der Waals surface area (Å²) in [5, 5.41) is 12.7. The zero-order valence-corrected chi connectivity index (χ0v) is 26.7. The van der Waals surface area contributed by atoms with Crippen LogP contribution in [0.5, 0.6) is 5.75 Å². The van der Waals surface area contributed by atoms with E-state index in [2.05, 4.69) is 31.9 Å². The molecule has 254 valence electrons. The molecule has 1 aromatic heterocycles. The van der Waals surface area contributed by atoms with E-state index in [4.69, 9.17) is 0 Å². The molecule has 15 heteroatoms. The molecule has 1 saturated carbocycles. The molecule has 1 atom stereocenters. The molecule has 2 aromatic carbocycles.